The Labute approximate surface area is 201 Å². The standard InChI is InChI=1S/C28H34N4O2/c1-20(32-17-7-3-4-8-18-32)15-16-29-28(34)25-19-27(31-26-10-6-5-9-24(25)26)22-11-13-23(14-12-22)30-21(2)33/h5-6,9-14,19-20H,3-4,7-8,15-18H2,1-2H3,(H,29,34)(H,30,33)/t20-/m1/s1. The van der Waals surface area contributed by atoms with E-state index in [0.29, 0.717) is 18.2 Å². The number of benzene rings is 2. The first kappa shape index (κ1) is 23.9. The van der Waals surface area contributed by atoms with Crippen molar-refractivity contribution in [3.8, 4) is 11.3 Å². The number of carbonyl (C=O) groups excluding carboxylic acids is 2. The molecule has 2 amide bonds. The average Bonchev–Trinajstić information content (AvgIpc) is 3.13. The number of pyridine rings is 1. The van der Waals surface area contributed by atoms with E-state index in [9.17, 15) is 9.59 Å². The molecule has 1 atom stereocenters. The number of para-hydroxylation sites is 1. The summed E-state index contributed by atoms with van der Waals surface area (Å²) in [4.78, 5) is 31.9. The highest BCUT2D eigenvalue weighted by atomic mass is 16.2. The zero-order chi connectivity index (χ0) is 23.9. The van der Waals surface area contributed by atoms with E-state index in [1.165, 1.54) is 32.6 Å². The van der Waals surface area contributed by atoms with Crippen LogP contribution in [0.15, 0.2) is 54.6 Å². The molecule has 3 aromatic rings. The molecule has 1 aliphatic rings. The second kappa shape index (κ2) is 11.3. The third kappa shape index (κ3) is 6.00. The Morgan fingerprint density at radius 3 is 2.41 bits per heavy atom. The van der Waals surface area contributed by atoms with Crippen molar-refractivity contribution in [2.24, 2.45) is 0 Å². The monoisotopic (exact) mass is 458 g/mol. The lowest BCUT2D eigenvalue weighted by Gasteiger charge is -2.27. The van der Waals surface area contributed by atoms with Crippen molar-refractivity contribution in [2.75, 3.05) is 25.0 Å². The highest BCUT2D eigenvalue weighted by molar-refractivity contribution is 6.07. The van der Waals surface area contributed by atoms with Gasteiger partial charge in [-0.1, -0.05) is 43.2 Å². The number of likely N-dealkylation sites (tertiary alicyclic amines) is 1. The van der Waals surface area contributed by atoms with Crippen molar-refractivity contribution in [3.63, 3.8) is 0 Å². The van der Waals surface area contributed by atoms with Crippen LogP contribution >= 0.6 is 0 Å². The molecule has 1 saturated heterocycles. The van der Waals surface area contributed by atoms with Crippen molar-refractivity contribution in [2.45, 2.75) is 52.0 Å². The number of nitrogens with zero attached hydrogens (tertiary/aromatic N) is 2. The van der Waals surface area contributed by atoms with Gasteiger partial charge in [-0.25, -0.2) is 4.98 Å². The van der Waals surface area contributed by atoms with Gasteiger partial charge in [-0.05, 0) is 63.5 Å². The van der Waals surface area contributed by atoms with E-state index in [1.54, 1.807) is 0 Å². The highest BCUT2D eigenvalue weighted by Gasteiger charge is 2.17. The number of amides is 2. The molecular formula is C28H34N4O2. The minimum absolute atomic E-state index is 0.0715. The molecule has 34 heavy (non-hydrogen) atoms. The van der Waals surface area contributed by atoms with Gasteiger partial charge in [0.1, 0.15) is 0 Å². The summed E-state index contributed by atoms with van der Waals surface area (Å²) in [5.74, 6) is -0.182. The van der Waals surface area contributed by atoms with Gasteiger partial charge in [0.25, 0.3) is 5.91 Å². The largest absolute Gasteiger partial charge is 0.352 e. The number of hydrogen-bond donors (Lipinski definition) is 2. The Bertz CT molecular complexity index is 1130. The fraction of sp³-hybridized carbons (Fsp3) is 0.393. The summed E-state index contributed by atoms with van der Waals surface area (Å²) in [6, 6.07) is 17.6. The smallest absolute Gasteiger partial charge is 0.252 e. The van der Waals surface area contributed by atoms with Gasteiger partial charge in [-0.2, -0.15) is 0 Å². The quantitative estimate of drug-likeness (QED) is 0.507. The molecule has 2 N–H and O–H groups in total. The minimum Gasteiger partial charge on any atom is -0.352 e. The summed E-state index contributed by atoms with van der Waals surface area (Å²) in [7, 11) is 0. The second-order valence-electron chi connectivity index (χ2n) is 9.17. The Kier molecular flexibility index (Phi) is 7.91. The second-order valence-corrected chi connectivity index (χ2v) is 9.17. The molecule has 1 aromatic heterocycles. The van der Waals surface area contributed by atoms with Gasteiger partial charge < -0.3 is 15.5 Å². The van der Waals surface area contributed by atoms with Crippen LogP contribution in [0, 0.1) is 0 Å². The molecule has 0 radical (unpaired) electrons. The topological polar surface area (TPSA) is 74.3 Å². The number of hydrogen-bond acceptors (Lipinski definition) is 4. The maximum absolute atomic E-state index is 13.2. The van der Waals surface area contributed by atoms with Crippen LogP contribution in [0.4, 0.5) is 5.69 Å². The van der Waals surface area contributed by atoms with Crippen LogP contribution < -0.4 is 10.6 Å². The lowest BCUT2D eigenvalue weighted by atomic mass is 10.0. The van der Waals surface area contributed by atoms with E-state index >= 15 is 0 Å². The average molecular weight is 459 g/mol. The fourth-order valence-corrected chi connectivity index (χ4v) is 4.65. The minimum atomic E-state index is -0.110. The number of fused-ring (bicyclic) bond motifs is 1. The van der Waals surface area contributed by atoms with Crippen LogP contribution in [-0.4, -0.2) is 47.4 Å². The third-order valence-electron chi connectivity index (χ3n) is 6.57. The number of carbonyl (C=O) groups is 2. The van der Waals surface area contributed by atoms with Crippen molar-refractivity contribution >= 4 is 28.4 Å². The zero-order valence-corrected chi connectivity index (χ0v) is 20.1. The molecule has 0 saturated carbocycles. The van der Waals surface area contributed by atoms with Crippen LogP contribution in [0.25, 0.3) is 22.2 Å². The lowest BCUT2D eigenvalue weighted by Crippen LogP contribution is -2.37. The molecule has 0 aliphatic carbocycles. The summed E-state index contributed by atoms with van der Waals surface area (Å²) in [5, 5.41) is 6.77. The van der Waals surface area contributed by atoms with Gasteiger partial charge in [0.05, 0.1) is 16.8 Å². The fourth-order valence-electron chi connectivity index (χ4n) is 4.65. The maximum Gasteiger partial charge on any atom is 0.252 e. The molecule has 2 heterocycles. The summed E-state index contributed by atoms with van der Waals surface area (Å²) in [6.07, 6.45) is 6.13. The molecular weight excluding hydrogens is 424 g/mol. The first-order valence-electron chi connectivity index (χ1n) is 12.3. The Morgan fingerprint density at radius 1 is 1.00 bits per heavy atom. The van der Waals surface area contributed by atoms with Gasteiger partial charge >= 0.3 is 0 Å². The summed E-state index contributed by atoms with van der Waals surface area (Å²) in [6.45, 7) is 6.72. The SMILES string of the molecule is CC(=O)Nc1ccc(-c2cc(C(=O)NCC[C@@H](C)N3CCCCCC3)c3ccccc3n2)cc1. The van der Waals surface area contributed by atoms with Crippen LogP contribution in [0.2, 0.25) is 0 Å². The molecule has 1 aliphatic heterocycles. The van der Waals surface area contributed by atoms with Crippen molar-refractivity contribution in [1.82, 2.24) is 15.2 Å². The molecule has 0 spiro atoms. The normalized spacial score (nSPS) is 15.5. The third-order valence-corrected chi connectivity index (χ3v) is 6.57. The summed E-state index contributed by atoms with van der Waals surface area (Å²) >= 11 is 0. The van der Waals surface area contributed by atoms with E-state index in [4.69, 9.17) is 4.98 Å². The summed E-state index contributed by atoms with van der Waals surface area (Å²) < 4.78 is 0. The maximum atomic E-state index is 13.2. The molecule has 6 heteroatoms. The van der Waals surface area contributed by atoms with Crippen molar-refractivity contribution in [3.05, 3.63) is 60.2 Å². The number of anilines is 1. The van der Waals surface area contributed by atoms with Crippen LogP contribution in [-0.2, 0) is 4.79 Å². The molecule has 0 unspecified atom stereocenters. The summed E-state index contributed by atoms with van der Waals surface area (Å²) in [5.41, 5.74) is 3.77. The highest BCUT2D eigenvalue weighted by Crippen LogP contribution is 2.26. The van der Waals surface area contributed by atoms with Crippen LogP contribution in [0.3, 0.4) is 0 Å². The first-order valence-corrected chi connectivity index (χ1v) is 12.3. The Morgan fingerprint density at radius 2 is 1.71 bits per heavy atom. The van der Waals surface area contributed by atoms with Gasteiger partial charge in [0.2, 0.25) is 5.91 Å². The number of rotatable bonds is 7. The number of aromatic nitrogens is 1. The van der Waals surface area contributed by atoms with Crippen LogP contribution in [0.5, 0.6) is 0 Å². The first-order chi connectivity index (χ1) is 16.5. The van der Waals surface area contributed by atoms with E-state index < -0.39 is 0 Å². The Hall–Kier alpha value is -3.25. The Balaban J connectivity index is 1.49. The molecule has 0 bridgehead atoms. The van der Waals surface area contributed by atoms with Gasteiger partial charge in [-0.3, -0.25) is 9.59 Å². The molecule has 4 rings (SSSR count). The molecule has 6 nitrogen and oxygen atoms in total. The predicted octanol–water partition coefficient (Wildman–Crippen LogP) is 5.24. The van der Waals surface area contributed by atoms with Crippen molar-refractivity contribution < 1.29 is 9.59 Å². The molecule has 1 fully saturated rings. The van der Waals surface area contributed by atoms with E-state index in [1.807, 2.05) is 54.6 Å². The van der Waals surface area contributed by atoms with E-state index in [-0.39, 0.29) is 11.8 Å². The lowest BCUT2D eigenvalue weighted by molar-refractivity contribution is -0.114. The van der Waals surface area contributed by atoms with Crippen molar-refractivity contribution in [1.29, 1.82) is 0 Å². The van der Waals surface area contributed by atoms with Gasteiger partial charge in [0, 0.05) is 36.1 Å². The molecule has 2 aromatic carbocycles. The van der Waals surface area contributed by atoms with E-state index in [2.05, 4.69) is 22.5 Å². The zero-order valence-electron chi connectivity index (χ0n) is 20.1. The predicted molar refractivity (Wildman–Crippen MR) is 138 cm³/mol. The number of nitrogens with one attached hydrogen (secondary N) is 2. The van der Waals surface area contributed by atoms with E-state index in [0.717, 1.165) is 47.4 Å². The van der Waals surface area contributed by atoms with Gasteiger partial charge in [0.15, 0.2) is 0 Å². The van der Waals surface area contributed by atoms with Gasteiger partial charge in [-0.15, -0.1) is 0 Å². The molecule has 178 valence electrons. The van der Waals surface area contributed by atoms with Crippen LogP contribution in [0.1, 0.15) is 56.3 Å².